The molecule has 0 spiro atoms. The predicted molar refractivity (Wildman–Crippen MR) is 84.1 cm³/mol. The van der Waals surface area contributed by atoms with Crippen molar-refractivity contribution in [2.45, 2.75) is 58.0 Å². The average Bonchev–Trinajstić information content (AvgIpc) is 3.21. The summed E-state index contributed by atoms with van der Waals surface area (Å²) in [4.78, 5) is 2.46. The van der Waals surface area contributed by atoms with Gasteiger partial charge >= 0.3 is 0 Å². The maximum absolute atomic E-state index is 6.48. The van der Waals surface area contributed by atoms with Crippen molar-refractivity contribution < 1.29 is 0 Å². The molecule has 1 aliphatic rings. The number of anilines is 1. The van der Waals surface area contributed by atoms with Crippen molar-refractivity contribution in [2.24, 2.45) is 5.73 Å². The van der Waals surface area contributed by atoms with Crippen molar-refractivity contribution in [2.75, 3.05) is 11.4 Å². The molecule has 0 aromatic heterocycles. The second-order valence-corrected chi connectivity index (χ2v) is 5.99. The van der Waals surface area contributed by atoms with E-state index >= 15 is 0 Å². The standard InChI is InChI=1S/C16H25ClN2/c1-3-9-19(14-6-7-14)16-8-5-12(11-15(16)17)10-13(18)4-2/h5,8,11,13-14H,3-4,6-7,9-10,18H2,1-2H3. The summed E-state index contributed by atoms with van der Waals surface area (Å²) in [5.74, 6) is 0. The lowest BCUT2D eigenvalue weighted by Gasteiger charge is -2.25. The molecule has 2 N–H and O–H groups in total. The van der Waals surface area contributed by atoms with Crippen LogP contribution in [0.2, 0.25) is 5.02 Å². The summed E-state index contributed by atoms with van der Waals surface area (Å²) in [5, 5.41) is 0.876. The third kappa shape index (κ3) is 3.87. The Hall–Kier alpha value is -0.730. The van der Waals surface area contributed by atoms with E-state index in [1.807, 2.05) is 0 Å². The molecule has 0 saturated heterocycles. The zero-order chi connectivity index (χ0) is 13.8. The van der Waals surface area contributed by atoms with E-state index in [1.54, 1.807) is 0 Å². The highest BCUT2D eigenvalue weighted by molar-refractivity contribution is 6.33. The van der Waals surface area contributed by atoms with Crippen LogP contribution in [-0.4, -0.2) is 18.6 Å². The van der Waals surface area contributed by atoms with Crippen molar-refractivity contribution in [1.82, 2.24) is 0 Å². The Kier molecular flexibility index (Phi) is 5.12. The van der Waals surface area contributed by atoms with Crippen LogP contribution in [0.4, 0.5) is 5.69 Å². The second-order valence-electron chi connectivity index (χ2n) is 5.58. The summed E-state index contributed by atoms with van der Waals surface area (Å²) in [6.45, 7) is 5.44. The van der Waals surface area contributed by atoms with Crippen molar-refractivity contribution >= 4 is 17.3 Å². The molecule has 1 aromatic carbocycles. The van der Waals surface area contributed by atoms with Gasteiger partial charge in [0.15, 0.2) is 0 Å². The number of hydrogen-bond acceptors (Lipinski definition) is 2. The fourth-order valence-electron chi connectivity index (χ4n) is 2.48. The maximum atomic E-state index is 6.48. The molecular formula is C16H25ClN2. The fraction of sp³-hybridized carbons (Fsp3) is 0.625. The first-order valence-electron chi connectivity index (χ1n) is 7.46. The van der Waals surface area contributed by atoms with Gasteiger partial charge in [-0.15, -0.1) is 0 Å². The molecule has 2 nitrogen and oxygen atoms in total. The summed E-state index contributed by atoms with van der Waals surface area (Å²) >= 11 is 6.48. The van der Waals surface area contributed by atoms with Crippen molar-refractivity contribution in [3.05, 3.63) is 28.8 Å². The Balaban J connectivity index is 2.13. The lowest BCUT2D eigenvalue weighted by atomic mass is 10.0. The molecule has 0 aliphatic heterocycles. The normalized spacial score (nSPS) is 16.4. The number of halogens is 1. The highest BCUT2D eigenvalue weighted by atomic mass is 35.5. The summed E-state index contributed by atoms with van der Waals surface area (Å²) in [6.07, 6.45) is 5.68. The molecule has 106 valence electrons. The van der Waals surface area contributed by atoms with Gasteiger partial charge < -0.3 is 10.6 Å². The Morgan fingerprint density at radius 3 is 2.63 bits per heavy atom. The van der Waals surface area contributed by atoms with Crippen molar-refractivity contribution in [3.63, 3.8) is 0 Å². The summed E-state index contributed by atoms with van der Waals surface area (Å²) < 4.78 is 0. The van der Waals surface area contributed by atoms with E-state index in [9.17, 15) is 0 Å². The first-order chi connectivity index (χ1) is 9.15. The van der Waals surface area contributed by atoms with Gasteiger partial charge in [0.1, 0.15) is 0 Å². The smallest absolute Gasteiger partial charge is 0.0642 e. The molecule has 0 bridgehead atoms. The SMILES string of the molecule is CCCN(c1ccc(CC(N)CC)cc1Cl)C1CC1. The molecule has 0 amide bonds. The number of nitrogens with zero attached hydrogens (tertiary/aromatic N) is 1. The molecule has 3 heteroatoms. The van der Waals surface area contributed by atoms with E-state index in [0.717, 1.165) is 30.8 Å². The third-order valence-electron chi connectivity index (χ3n) is 3.80. The van der Waals surface area contributed by atoms with Gasteiger partial charge in [0.05, 0.1) is 10.7 Å². The maximum Gasteiger partial charge on any atom is 0.0642 e. The lowest BCUT2D eigenvalue weighted by Crippen LogP contribution is -2.27. The van der Waals surface area contributed by atoms with E-state index in [1.165, 1.54) is 24.1 Å². The summed E-state index contributed by atoms with van der Waals surface area (Å²) in [5.41, 5.74) is 8.45. The van der Waals surface area contributed by atoms with Gasteiger partial charge in [0, 0.05) is 18.6 Å². The van der Waals surface area contributed by atoms with Gasteiger partial charge in [-0.1, -0.05) is 31.5 Å². The minimum absolute atomic E-state index is 0.233. The zero-order valence-corrected chi connectivity index (χ0v) is 12.8. The first kappa shape index (κ1) is 14.7. The Bertz CT molecular complexity index is 415. The van der Waals surface area contributed by atoms with E-state index in [4.69, 9.17) is 17.3 Å². The predicted octanol–water partition coefficient (Wildman–Crippen LogP) is 4.00. The number of benzene rings is 1. The number of hydrogen-bond donors (Lipinski definition) is 1. The minimum atomic E-state index is 0.233. The Morgan fingerprint density at radius 1 is 1.37 bits per heavy atom. The highest BCUT2D eigenvalue weighted by Gasteiger charge is 2.29. The molecule has 1 aromatic rings. The van der Waals surface area contributed by atoms with Gasteiger partial charge in [-0.25, -0.2) is 0 Å². The lowest BCUT2D eigenvalue weighted by molar-refractivity contribution is 0.646. The van der Waals surface area contributed by atoms with Crippen molar-refractivity contribution in [1.29, 1.82) is 0 Å². The van der Waals surface area contributed by atoms with E-state index in [-0.39, 0.29) is 6.04 Å². The molecule has 1 unspecified atom stereocenters. The monoisotopic (exact) mass is 280 g/mol. The van der Waals surface area contributed by atoms with Gasteiger partial charge in [-0.2, -0.15) is 0 Å². The minimum Gasteiger partial charge on any atom is -0.367 e. The van der Waals surface area contributed by atoms with E-state index in [2.05, 4.69) is 36.9 Å². The molecule has 1 aliphatic carbocycles. The molecule has 0 heterocycles. The van der Waals surface area contributed by atoms with Crippen LogP contribution in [0.3, 0.4) is 0 Å². The highest BCUT2D eigenvalue weighted by Crippen LogP contribution is 2.36. The molecule has 1 atom stereocenters. The van der Waals surface area contributed by atoms with Crippen LogP contribution < -0.4 is 10.6 Å². The van der Waals surface area contributed by atoms with Gasteiger partial charge in [0.2, 0.25) is 0 Å². The van der Waals surface area contributed by atoms with Crippen LogP contribution >= 0.6 is 11.6 Å². The molecular weight excluding hydrogens is 256 g/mol. The van der Waals surface area contributed by atoms with Crippen LogP contribution in [0.15, 0.2) is 18.2 Å². The average molecular weight is 281 g/mol. The van der Waals surface area contributed by atoms with Crippen LogP contribution in [-0.2, 0) is 6.42 Å². The number of nitrogens with two attached hydrogens (primary N) is 1. The molecule has 1 fully saturated rings. The molecule has 1 saturated carbocycles. The fourth-order valence-corrected chi connectivity index (χ4v) is 2.80. The second kappa shape index (κ2) is 6.62. The zero-order valence-electron chi connectivity index (χ0n) is 12.0. The van der Waals surface area contributed by atoms with Gasteiger partial charge in [-0.05, 0) is 49.8 Å². The largest absolute Gasteiger partial charge is 0.367 e. The topological polar surface area (TPSA) is 29.3 Å². The van der Waals surface area contributed by atoms with Crippen molar-refractivity contribution in [3.8, 4) is 0 Å². The van der Waals surface area contributed by atoms with E-state index < -0.39 is 0 Å². The van der Waals surface area contributed by atoms with Crippen LogP contribution in [0.25, 0.3) is 0 Å². The third-order valence-corrected chi connectivity index (χ3v) is 4.10. The first-order valence-corrected chi connectivity index (χ1v) is 7.84. The Morgan fingerprint density at radius 2 is 2.11 bits per heavy atom. The molecule has 19 heavy (non-hydrogen) atoms. The summed E-state index contributed by atoms with van der Waals surface area (Å²) in [7, 11) is 0. The van der Waals surface area contributed by atoms with E-state index in [0.29, 0.717) is 6.04 Å². The van der Waals surface area contributed by atoms with Crippen LogP contribution in [0.5, 0.6) is 0 Å². The van der Waals surface area contributed by atoms with Crippen LogP contribution in [0, 0.1) is 0 Å². The van der Waals surface area contributed by atoms with Gasteiger partial charge in [0.25, 0.3) is 0 Å². The van der Waals surface area contributed by atoms with Gasteiger partial charge in [-0.3, -0.25) is 0 Å². The molecule has 2 rings (SSSR count). The molecule has 0 radical (unpaired) electrons. The van der Waals surface area contributed by atoms with Crippen LogP contribution in [0.1, 0.15) is 45.1 Å². The Labute approximate surface area is 121 Å². The quantitative estimate of drug-likeness (QED) is 0.818. The summed E-state index contributed by atoms with van der Waals surface area (Å²) in [6, 6.07) is 7.39. The number of rotatable bonds is 7.